The second-order valence-corrected chi connectivity index (χ2v) is 6.18. The zero-order valence-electron chi connectivity index (χ0n) is 12.3. The lowest BCUT2D eigenvalue weighted by molar-refractivity contribution is 0.119. The molecule has 1 saturated heterocycles. The third-order valence-electron chi connectivity index (χ3n) is 4.60. The van der Waals surface area contributed by atoms with Crippen LogP contribution < -0.4 is 0 Å². The lowest BCUT2D eigenvalue weighted by Gasteiger charge is -2.28. The van der Waals surface area contributed by atoms with Gasteiger partial charge in [-0.25, -0.2) is 4.68 Å². The minimum absolute atomic E-state index is 0.250. The van der Waals surface area contributed by atoms with Crippen LogP contribution in [0.2, 0.25) is 0 Å². The third kappa shape index (κ3) is 2.86. The maximum Gasteiger partial charge on any atom is 0.168 e. The number of hydrogen-bond acceptors (Lipinski definition) is 5. The van der Waals surface area contributed by atoms with Crippen LogP contribution in [0.4, 0.5) is 0 Å². The van der Waals surface area contributed by atoms with Gasteiger partial charge in [0.15, 0.2) is 5.82 Å². The summed E-state index contributed by atoms with van der Waals surface area (Å²) < 4.78 is 1.97. The summed E-state index contributed by atoms with van der Waals surface area (Å²) >= 11 is 0. The van der Waals surface area contributed by atoms with Gasteiger partial charge >= 0.3 is 0 Å². The van der Waals surface area contributed by atoms with E-state index in [0.717, 1.165) is 50.5 Å². The van der Waals surface area contributed by atoms with Crippen molar-refractivity contribution < 1.29 is 5.11 Å². The summed E-state index contributed by atoms with van der Waals surface area (Å²) in [5, 5.41) is 21.9. The molecule has 0 aromatic carbocycles. The number of aliphatic hydroxyl groups is 1. The number of nitrogens with zero attached hydrogens (tertiary/aromatic N) is 5. The van der Waals surface area contributed by atoms with Crippen molar-refractivity contribution in [2.24, 2.45) is 5.92 Å². The lowest BCUT2D eigenvalue weighted by atomic mass is 10.2. The maximum atomic E-state index is 9.60. The second-order valence-electron chi connectivity index (χ2n) is 6.18. The normalized spacial score (nSPS) is 27.3. The van der Waals surface area contributed by atoms with Crippen LogP contribution in [0.3, 0.4) is 0 Å². The highest BCUT2D eigenvalue weighted by Gasteiger charge is 2.39. The van der Waals surface area contributed by atoms with E-state index < -0.39 is 0 Å². The molecule has 0 bridgehead atoms. The van der Waals surface area contributed by atoms with Gasteiger partial charge in [-0.15, -0.1) is 5.10 Å². The Bertz CT molecular complexity index is 431. The molecule has 1 saturated carbocycles. The number of likely N-dealkylation sites (tertiary alicyclic amines) is 1. The lowest BCUT2D eigenvalue weighted by Crippen LogP contribution is -2.36. The van der Waals surface area contributed by atoms with Crippen molar-refractivity contribution in [1.82, 2.24) is 25.1 Å². The van der Waals surface area contributed by atoms with E-state index in [2.05, 4.69) is 27.3 Å². The zero-order chi connectivity index (χ0) is 13.9. The van der Waals surface area contributed by atoms with E-state index in [4.69, 9.17) is 0 Å². The molecule has 0 radical (unpaired) electrons. The molecule has 0 amide bonds. The molecule has 1 aromatic rings. The van der Waals surface area contributed by atoms with Gasteiger partial charge in [0.1, 0.15) is 0 Å². The Morgan fingerprint density at radius 1 is 1.25 bits per heavy atom. The summed E-state index contributed by atoms with van der Waals surface area (Å²) in [5.41, 5.74) is 0. The van der Waals surface area contributed by atoms with Crippen molar-refractivity contribution in [2.75, 3.05) is 13.2 Å². The van der Waals surface area contributed by atoms with Crippen LogP contribution in [-0.4, -0.2) is 49.4 Å². The molecule has 0 unspecified atom stereocenters. The van der Waals surface area contributed by atoms with E-state index in [1.165, 1.54) is 12.8 Å². The molecule has 1 aliphatic carbocycles. The Balaban J connectivity index is 1.75. The van der Waals surface area contributed by atoms with Crippen LogP contribution in [0, 0.1) is 5.92 Å². The molecule has 112 valence electrons. The van der Waals surface area contributed by atoms with Crippen LogP contribution in [0.25, 0.3) is 0 Å². The van der Waals surface area contributed by atoms with Crippen molar-refractivity contribution >= 4 is 0 Å². The number of aryl methyl sites for hydroxylation is 1. The predicted octanol–water partition coefficient (Wildman–Crippen LogP) is 1.38. The van der Waals surface area contributed by atoms with Crippen molar-refractivity contribution in [3.63, 3.8) is 0 Å². The second kappa shape index (κ2) is 6.18. The maximum absolute atomic E-state index is 9.60. The average Bonchev–Trinajstić information content (AvgIpc) is 3.00. The number of hydrogen-bond donors (Lipinski definition) is 1. The van der Waals surface area contributed by atoms with Gasteiger partial charge in [-0.3, -0.25) is 4.90 Å². The molecule has 1 aromatic heterocycles. The topological polar surface area (TPSA) is 67.1 Å². The molecule has 20 heavy (non-hydrogen) atoms. The monoisotopic (exact) mass is 279 g/mol. The quantitative estimate of drug-likeness (QED) is 0.817. The summed E-state index contributed by atoms with van der Waals surface area (Å²) in [4.78, 5) is 2.45. The number of unbranched alkanes of at least 4 members (excludes halogenated alkanes) is 1. The highest BCUT2D eigenvalue weighted by atomic mass is 16.3. The first-order chi connectivity index (χ1) is 9.83. The number of aliphatic hydroxyl groups excluding tert-OH is 1. The van der Waals surface area contributed by atoms with Crippen LogP contribution >= 0.6 is 0 Å². The van der Waals surface area contributed by atoms with Crippen molar-refractivity contribution in [3.05, 3.63) is 5.82 Å². The Morgan fingerprint density at radius 3 is 2.80 bits per heavy atom. The molecule has 2 heterocycles. The molecule has 2 atom stereocenters. The van der Waals surface area contributed by atoms with E-state index in [1.807, 2.05) is 4.68 Å². The zero-order valence-corrected chi connectivity index (χ0v) is 12.3. The highest BCUT2D eigenvalue weighted by molar-refractivity contribution is 5.01. The summed E-state index contributed by atoms with van der Waals surface area (Å²) in [7, 11) is 0. The molecular weight excluding hydrogens is 254 g/mol. The fourth-order valence-corrected chi connectivity index (χ4v) is 3.20. The Kier molecular flexibility index (Phi) is 4.31. The van der Waals surface area contributed by atoms with E-state index in [1.54, 1.807) is 0 Å². The van der Waals surface area contributed by atoms with Gasteiger partial charge in [-0.1, -0.05) is 13.3 Å². The van der Waals surface area contributed by atoms with E-state index in [0.29, 0.717) is 6.04 Å². The number of rotatable bonds is 7. The first-order valence-electron chi connectivity index (χ1n) is 7.96. The molecule has 1 aliphatic heterocycles. The minimum Gasteiger partial charge on any atom is -0.395 e. The smallest absolute Gasteiger partial charge is 0.168 e. The summed E-state index contributed by atoms with van der Waals surface area (Å²) in [5.74, 6) is 1.82. The third-order valence-corrected chi connectivity index (χ3v) is 4.60. The molecular formula is C14H25N5O. The van der Waals surface area contributed by atoms with Crippen LogP contribution in [0.15, 0.2) is 0 Å². The van der Waals surface area contributed by atoms with Gasteiger partial charge in [-0.2, -0.15) is 0 Å². The number of aromatic nitrogens is 4. The summed E-state index contributed by atoms with van der Waals surface area (Å²) in [6.07, 6.45) is 7.04. The van der Waals surface area contributed by atoms with Gasteiger partial charge in [0, 0.05) is 19.1 Å². The average molecular weight is 279 g/mol. The van der Waals surface area contributed by atoms with Gasteiger partial charge in [-0.05, 0) is 48.4 Å². The molecule has 1 N–H and O–H groups in total. The summed E-state index contributed by atoms with van der Waals surface area (Å²) in [6.45, 7) is 4.42. The van der Waals surface area contributed by atoms with Crippen molar-refractivity contribution in [3.8, 4) is 0 Å². The minimum atomic E-state index is 0.250. The molecule has 2 aliphatic rings. The molecule has 2 fully saturated rings. The van der Waals surface area contributed by atoms with E-state index in [-0.39, 0.29) is 12.6 Å². The van der Waals surface area contributed by atoms with Crippen LogP contribution in [-0.2, 0) is 6.54 Å². The predicted molar refractivity (Wildman–Crippen MR) is 75.0 cm³/mol. The molecule has 0 spiro atoms. The van der Waals surface area contributed by atoms with E-state index >= 15 is 0 Å². The SMILES string of the molecule is CCCCn1nnnc1[C@H]1CC[C@@H](CO)N1CC1CC1. The van der Waals surface area contributed by atoms with Crippen LogP contribution in [0.5, 0.6) is 0 Å². The Hall–Kier alpha value is -1.01. The highest BCUT2D eigenvalue weighted by Crippen LogP contribution is 2.39. The van der Waals surface area contributed by atoms with Gasteiger partial charge < -0.3 is 5.11 Å². The molecule has 6 nitrogen and oxygen atoms in total. The first-order valence-corrected chi connectivity index (χ1v) is 7.96. The largest absolute Gasteiger partial charge is 0.395 e. The molecule has 6 heteroatoms. The fourth-order valence-electron chi connectivity index (χ4n) is 3.20. The summed E-state index contributed by atoms with van der Waals surface area (Å²) in [6, 6.07) is 0.580. The van der Waals surface area contributed by atoms with E-state index in [9.17, 15) is 5.11 Å². The van der Waals surface area contributed by atoms with Gasteiger partial charge in [0.05, 0.1) is 12.6 Å². The molecule has 3 rings (SSSR count). The van der Waals surface area contributed by atoms with Gasteiger partial charge in [0.25, 0.3) is 0 Å². The fraction of sp³-hybridized carbons (Fsp3) is 0.929. The Morgan fingerprint density at radius 2 is 2.10 bits per heavy atom. The van der Waals surface area contributed by atoms with Crippen molar-refractivity contribution in [1.29, 1.82) is 0 Å². The van der Waals surface area contributed by atoms with Crippen molar-refractivity contribution in [2.45, 2.75) is 64.1 Å². The Labute approximate surface area is 120 Å². The number of tetrazole rings is 1. The van der Waals surface area contributed by atoms with Gasteiger partial charge in [0.2, 0.25) is 0 Å². The van der Waals surface area contributed by atoms with Crippen LogP contribution in [0.1, 0.15) is 57.3 Å². The first kappa shape index (κ1) is 13.9. The standard InChI is InChI=1S/C14H25N5O/c1-2-3-8-19-14(15-16-17-19)13-7-6-12(10-20)18(13)9-11-4-5-11/h11-13,20H,2-10H2,1H3/t12-,13+/m0/s1.